The molecule has 3 aromatic rings. The van der Waals surface area contributed by atoms with Gasteiger partial charge in [-0.15, -0.1) is 0 Å². The molecule has 174 valence electrons. The van der Waals surface area contributed by atoms with E-state index in [4.69, 9.17) is 14.2 Å². The third-order valence-electron chi connectivity index (χ3n) is 4.99. The number of thiol groups is 1. The van der Waals surface area contributed by atoms with E-state index in [2.05, 4.69) is 40.5 Å². The Balaban J connectivity index is 1.84. The zero-order valence-electron chi connectivity index (χ0n) is 17.9. The minimum Gasteiger partial charge on any atom is -0.508 e. The molecule has 3 rings (SSSR count). The van der Waals surface area contributed by atoms with Crippen molar-refractivity contribution in [2.75, 3.05) is 24.8 Å². The van der Waals surface area contributed by atoms with Crippen LogP contribution < -0.4 is 5.32 Å². The number of fused-ring (bicyclic) bond motifs is 1. The van der Waals surface area contributed by atoms with Crippen LogP contribution in [0.2, 0.25) is 0 Å². The van der Waals surface area contributed by atoms with Crippen LogP contribution in [0.15, 0.2) is 60.7 Å². The molecule has 0 aromatic heterocycles. The highest BCUT2D eigenvalue weighted by Crippen LogP contribution is 2.34. The Labute approximate surface area is 211 Å². The molecule has 0 radical (unpaired) electrons. The lowest BCUT2D eigenvalue weighted by Gasteiger charge is -2.27. The molecule has 33 heavy (non-hydrogen) atoms. The van der Waals surface area contributed by atoms with Crippen LogP contribution in [-0.2, 0) is 19.0 Å². The van der Waals surface area contributed by atoms with E-state index in [0.717, 1.165) is 14.3 Å². The van der Waals surface area contributed by atoms with Gasteiger partial charge in [-0.1, -0.05) is 36.4 Å². The Hall–Kier alpha value is -2.50. The first kappa shape index (κ1) is 25.1. The number of amides is 1. The number of benzene rings is 3. The molecule has 0 fully saturated rings. The van der Waals surface area contributed by atoms with Gasteiger partial charge in [0, 0.05) is 28.1 Å². The zero-order valence-corrected chi connectivity index (χ0v) is 20.9. The first-order valence-corrected chi connectivity index (χ1v) is 11.9. The van der Waals surface area contributed by atoms with Crippen molar-refractivity contribution in [1.82, 2.24) is 0 Å². The van der Waals surface area contributed by atoms with Crippen molar-refractivity contribution < 1.29 is 28.9 Å². The molecule has 1 amide bonds. The lowest BCUT2D eigenvalue weighted by atomic mass is 10.0. The molecule has 7 nitrogen and oxygen atoms in total. The van der Waals surface area contributed by atoms with Crippen LogP contribution in [0.1, 0.15) is 18.1 Å². The number of phenolic OH excluding ortho intramolecular Hbond substituents is 1. The SMILES string of the molecule is CO[C@H](CCOC(=O)CS)[C@H](OC(=O)Nc1cccc2ccccc12)c1cc(I)ccc1O. The second-order valence-electron chi connectivity index (χ2n) is 7.12. The molecule has 0 saturated carbocycles. The molecule has 0 bridgehead atoms. The van der Waals surface area contributed by atoms with Gasteiger partial charge >= 0.3 is 12.1 Å². The van der Waals surface area contributed by atoms with Crippen LogP contribution in [0, 0.1) is 3.57 Å². The Morgan fingerprint density at radius 3 is 2.64 bits per heavy atom. The van der Waals surface area contributed by atoms with Gasteiger partial charge in [0.25, 0.3) is 0 Å². The third-order valence-corrected chi connectivity index (χ3v) is 5.92. The lowest BCUT2D eigenvalue weighted by Crippen LogP contribution is -2.29. The molecule has 3 aromatic carbocycles. The van der Waals surface area contributed by atoms with E-state index in [9.17, 15) is 14.7 Å². The van der Waals surface area contributed by atoms with Crippen LogP contribution >= 0.6 is 35.2 Å². The van der Waals surface area contributed by atoms with Crippen molar-refractivity contribution in [3.05, 3.63) is 69.8 Å². The maximum atomic E-state index is 12.9. The van der Waals surface area contributed by atoms with Crippen molar-refractivity contribution in [3.8, 4) is 5.75 Å². The topological polar surface area (TPSA) is 94.1 Å². The van der Waals surface area contributed by atoms with E-state index in [1.165, 1.54) is 13.2 Å². The monoisotopic (exact) mass is 581 g/mol. The van der Waals surface area contributed by atoms with Crippen molar-refractivity contribution in [1.29, 1.82) is 0 Å². The molecular weight excluding hydrogens is 557 g/mol. The number of hydrogen-bond donors (Lipinski definition) is 3. The summed E-state index contributed by atoms with van der Waals surface area (Å²) in [5.41, 5.74) is 0.989. The summed E-state index contributed by atoms with van der Waals surface area (Å²) in [4.78, 5) is 24.3. The summed E-state index contributed by atoms with van der Waals surface area (Å²) >= 11 is 6.00. The minimum absolute atomic E-state index is 0.0345. The van der Waals surface area contributed by atoms with E-state index in [1.54, 1.807) is 18.2 Å². The fourth-order valence-corrected chi connectivity index (χ4v) is 4.02. The van der Waals surface area contributed by atoms with E-state index in [1.807, 2.05) is 36.4 Å². The standard InChI is InChI=1S/C24H24INO6S/c1-30-21(11-12-31-22(28)14-33)23(18-13-16(25)9-10-20(18)27)32-24(29)26-19-8-4-6-15-5-2-3-7-17(15)19/h2-10,13,21,23,27,33H,11-12,14H2,1H3,(H,26,29)/t21-,23-/m1/s1. The van der Waals surface area contributed by atoms with Crippen LogP contribution in [0.4, 0.5) is 10.5 Å². The average molecular weight is 581 g/mol. The largest absolute Gasteiger partial charge is 0.508 e. The summed E-state index contributed by atoms with van der Waals surface area (Å²) in [6, 6.07) is 18.2. The summed E-state index contributed by atoms with van der Waals surface area (Å²) in [5, 5.41) is 15.1. The number of ether oxygens (including phenoxy) is 3. The molecule has 9 heteroatoms. The number of carbonyl (C=O) groups is 2. The van der Waals surface area contributed by atoms with Crippen LogP contribution in [0.5, 0.6) is 5.75 Å². The van der Waals surface area contributed by atoms with Gasteiger partial charge in [-0.3, -0.25) is 10.1 Å². The number of carbonyl (C=O) groups excluding carboxylic acids is 2. The van der Waals surface area contributed by atoms with Gasteiger partial charge in [0.1, 0.15) is 11.9 Å². The number of aromatic hydroxyl groups is 1. The van der Waals surface area contributed by atoms with Gasteiger partial charge in [-0.05, 0) is 52.2 Å². The molecule has 0 unspecified atom stereocenters. The van der Waals surface area contributed by atoms with Gasteiger partial charge in [0.15, 0.2) is 6.10 Å². The van der Waals surface area contributed by atoms with Crippen molar-refractivity contribution in [3.63, 3.8) is 0 Å². The van der Waals surface area contributed by atoms with Crippen molar-refractivity contribution in [2.45, 2.75) is 18.6 Å². The fourth-order valence-electron chi connectivity index (χ4n) is 3.41. The number of esters is 1. The molecule has 2 N–H and O–H groups in total. The number of nitrogens with one attached hydrogen (secondary N) is 1. The van der Waals surface area contributed by atoms with Crippen LogP contribution in [0.3, 0.4) is 0 Å². The predicted octanol–water partition coefficient (Wildman–Crippen LogP) is 5.32. The van der Waals surface area contributed by atoms with Crippen LogP contribution in [-0.4, -0.2) is 42.7 Å². The third kappa shape index (κ3) is 6.75. The molecule has 0 aliphatic carbocycles. The van der Waals surface area contributed by atoms with Crippen molar-refractivity contribution >= 4 is 63.7 Å². The van der Waals surface area contributed by atoms with Crippen molar-refractivity contribution in [2.24, 2.45) is 0 Å². The summed E-state index contributed by atoms with van der Waals surface area (Å²) in [7, 11) is 1.47. The van der Waals surface area contributed by atoms with E-state index >= 15 is 0 Å². The summed E-state index contributed by atoms with van der Waals surface area (Å²) in [6.07, 6.45) is -2.09. The van der Waals surface area contributed by atoms with E-state index in [-0.39, 0.29) is 24.5 Å². The first-order valence-electron chi connectivity index (χ1n) is 10.2. The molecule has 2 atom stereocenters. The number of rotatable bonds is 9. The quantitative estimate of drug-likeness (QED) is 0.180. The number of anilines is 1. The lowest BCUT2D eigenvalue weighted by molar-refractivity contribution is -0.141. The molecule has 0 saturated heterocycles. The fraction of sp³-hybridized carbons (Fsp3) is 0.250. The van der Waals surface area contributed by atoms with E-state index < -0.39 is 24.3 Å². The molecule has 0 aliphatic rings. The normalized spacial score (nSPS) is 12.7. The van der Waals surface area contributed by atoms with Crippen LogP contribution in [0.25, 0.3) is 10.8 Å². The van der Waals surface area contributed by atoms with Gasteiger partial charge in [0.2, 0.25) is 0 Å². The van der Waals surface area contributed by atoms with Gasteiger partial charge in [-0.25, -0.2) is 4.79 Å². The average Bonchev–Trinajstić information content (AvgIpc) is 2.82. The summed E-state index contributed by atoms with van der Waals surface area (Å²) in [5.74, 6) is -0.535. The smallest absolute Gasteiger partial charge is 0.412 e. The second-order valence-corrected chi connectivity index (χ2v) is 8.68. The molecule has 0 spiro atoms. The predicted molar refractivity (Wildman–Crippen MR) is 138 cm³/mol. The van der Waals surface area contributed by atoms with Gasteiger partial charge in [-0.2, -0.15) is 12.6 Å². The maximum absolute atomic E-state index is 12.9. The Morgan fingerprint density at radius 2 is 1.88 bits per heavy atom. The highest BCUT2D eigenvalue weighted by Gasteiger charge is 2.30. The minimum atomic E-state index is -0.950. The number of phenols is 1. The Kier molecular flexibility index (Phi) is 9.21. The number of hydrogen-bond acceptors (Lipinski definition) is 7. The van der Waals surface area contributed by atoms with E-state index in [0.29, 0.717) is 11.3 Å². The second kappa shape index (κ2) is 12.1. The Morgan fingerprint density at radius 1 is 1.12 bits per heavy atom. The maximum Gasteiger partial charge on any atom is 0.412 e. The summed E-state index contributed by atoms with van der Waals surface area (Å²) < 4.78 is 17.3. The number of methoxy groups -OCH3 is 1. The molecule has 0 heterocycles. The molecule has 0 aliphatic heterocycles. The highest BCUT2D eigenvalue weighted by atomic mass is 127. The summed E-state index contributed by atoms with van der Waals surface area (Å²) in [6.45, 7) is 0.0490. The van der Waals surface area contributed by atoms with Gasteiger partial charge in [0.05, 0.1) is 18.0 Å². The molecular formula is C24H24INO6S. The first-order chi connectivity index (χ1) is 15.9. The Bertz CT molecular complexity index is 1120. The van der Waals surface area contributed by atoms with Gasteiger partial charge < -0.3 is 19.3 Å². The number of halogens is 1. The highest BCUT2D eigenvalue weighted by molar-refractivity contribution is 14.1. The zero-order chi connectivity index (χ0) is 23.8.